The van der Waals surface area contributed by atoms with Crippen molar-refractivity contribution in [3.63, 3.8) is 0 Å². The Labute approximate surface area is 423 Å². The number of hydroxylamine groups is 2. The number of anilines is 1. The molecule has 2 unspecified atom stereocenters. The van der Waals surface area contributed by atoms with E-state index in [-0.39, 0.29) is 73.4 Å². The standard InChI is InChI=1S/C49H56N2O18S4/c1-31-16-17-35-37(27-33(70(55,56)57)29-40(35)72(61,62)63)46(31)48(3,22-25-67-5)32(2)13-9-7-10-14-42-49(4,23-26-68-6)47-38-28-34(71(58,59)60)30-41(73(64,65)66)36(38)18-19-39(47)50(42)24-12-8-11-15-45(54)69-51-43(52)20-21-44(51)53/h7,9-10,13-14,16-19,27-30H,2,8,11-12,15,20-26H2,1,3-6H3,(H,55,56,57)(H,58,59,60)(H,61,62,63)(H,64,65,66)/b10-7+,13-9+,42-14+. The molecule has 73 heavy (non-hydrogen) atoms. The summed E-state index contributed by atoms with van der Waals surface area (Å²) in [6, 6.07) is 9.72. The minimum Gasteiger partial charge on any atom is -0.385 e. The van der Waals surface area contributed by atoms with Gasteiger partial charge in [-0.05, 0) is 109 Å². The van der Waals surface area contributed by atoms with Gasteiger partial charge in [0.05, 0.1) is 9.79 Å². The predicted molar refractivity (Wildman–Crippen MR) is 268 cm³/mol. The molecule has 2 aliphatic heterocycles. The van der Waals surface area contributed by atoms with Crippen LogP contribution in [-0.4, -0.2) is 109 Å². The highest BCUT2D eigenvalue weighted by Gasteiger charge is 2.45. The normalized spacial score (nSPS) is 18.2. The van der Waals surface area contributed by atoms with Gasteiger partial charge in [0.15, 0.2) is 0 Å². The fourth-order valence-electron chi connectivity index (χ4n) is 9.58. The first-order valence-corrected chi connectivity index (χ1v) is 28.4. The molecule has 0 aliphatic carbocycles. The molecule has 1 fully saturated rings. The van der Waals surface area contributed by atoms with Crippen molar-refractivity contribution in [2.75, 3.05) is 38.9 Å². The number of carbonyl (C=O) groups excluding carboxylic acids is 3. The predicted octanol–water partition coefficient (Wildman–Crippen LogP) is 7.12. The largest absolute Gasteiger partial charge is 0.385 e. The Morgan fingerprint density at radius 3 is 1.86 bits per heavy atom. The summed E-state index contributed by atoms with van der Waals surface area (Å²) >= 11 is 0. The number of fused-ring (bicyclic) bond motifs is 4. The highest BCUT2D eigenvalue weighted by atomic mass is 32.2. The second kappa shape index (κ2) is 21.7. The lowest BCUT2D eigenvalue weighted by atomic mass is 9.70. The number of benzene rings is 4. The molecule has 4 aromatic carbocycles. The Bertz CT molecular complexity index is 3460. The molecule has 2 atom stereocenters. The molecule has 4 aromatic rings. The molecule has 20 nitrogen and oxygen atoms in total. The first-order valence-electron chi connectivity index (χ1n) is 22.6. The lowest BCUT2D eigenvalue weighted by Crippen LogP contribution is -2.32. The van der Waals surface area contributed by atoms with E-state index in [1.807, 2.05) is 11.8 Å². The number of hydrogen-bond donors (Lipinski definition) is 4. The lowest BCUT2D eigenvalue weighted by Gasteiger charge is -2.34. The SMILES string of the molecule is C=C(/C=C/C=C/C=C1/N(CCCCCC(=O)ON2C(=O)CCC2=O)c2ccc3c(S(=O)(=O)O)cc(S(=O)(=O)O)cc3c2C1(C)CCOC)C(C)(CCOC)c1c(C)ccc2c(S(=O)(=O)O)cc(S(=O)(=O)O)cc12. The van der Waals surface area contributed by atoms with E-state index in [1.165, 1.54) is 26.4 Å². The van der Waals surface area contributed by atoms with Crippen LogP contribution < -0.4 is 4.90 Å². The van der Waals surface area contributed by atoms with Crippen LogP contribution in [0.1, 0.15) is 81.9 Å². The first kappa shape index (κ1) is 56.6. The smallest absolute Gasteiger partial charge is 0.333 e. The minimum absolute atomic E-state index is 0.00678. The van der Waals surface area contributed by atoms with Crippen LogP contribution in [0, 0.1) is 6.92 Å². The topological polar surface area (TPSA) is 303 Å². The van der Waals surface area contributed by atoms with Crippen LogP contribution >= 0.6 is 0 Å². The van der Waals surface area contributed by atoms with Gasteiger partial charge in [-0.25, -0.2) is 4.79 Å². The van der Waals surface area contributed by atoms with E-state index in [0.717, 1.165) is 12.1 Å². The summed E-state index contributed by atoms with van der Waals surface area (Å²) in [7, 11) is -17.1. The zero-order chi connectivity index (χ0) is 54.1. The van der Waals surface area contributed by atoms with Crippen molar-refractivity contribution in [1.82, 2.24) is 5.06 Å². The third kappa shape index (κ3) is 12.0. The van der Waals surface area contributed by atoms with Gasteiger partial charge >= 0.3 is 5.97 Å². The van der Waals surface area contributed by atoms with Crippen LogP contribution in [0.3, 0.4) is 0 Å². The van der Waals surface area contributed by atoms with Gasteiger partial charge in [0.25, 0.3) is 52.3 Å². The van der Waals surface area contributed by atoms with Gasteiger partial charge in [-0.3, -0.25) is 27.8 Å². The first-order chi connectivity index (χ1) is 34.0. The monoisotopic (exact) mass is 1090 g/mol. The van der Waals surface area contributed by atoms with E-state index in [2.05, 4.69) is 6.58 Å². The van der Waals surface area contributed by atoms with E-state index in [4.69, 9.17) is 14.3 Å². The van der Waals surface area contributed by atoms with Crippen molar-refractivity contribution in [3.05, 3.63) is 113 Å². The van der Waals surface area contributed by atoms with Crippen molar-refractivity contribution < 1.29 is 80.6 Å². The van der Waals surface area contributed by atoms with Crippen molar-refractivity contribution >= 4 is 85.5 Å². The molecule has 2 heterocycles. The molecule has 394 valence electrons. The fraction of sp³-hybridized carbons (Fsp3) is 0.367. The maximum absolute atomic E-state index is 12.8. The average molecular weight is 1090 g/mol. The van der Waals surface area contributed by atoms with E-state index in [1.54, 1.807) is 56.4 Å². The average Bonchev–Trinajstić information content (AvgIpc) is 3.74. The summed E-state index contributed by atoms with van der Waals surface area (Å²) < 4.78 is 152. The number of amides is 2. The van der Waals surface area contributed by atoms with Gasteiger partial charge < -0.3 is 19.2 Å². The number of imide groups is 1. The maximum Gasteiger partial charge on any atom is 0.333 e. The van der Waals surface area contributed by atoms with Gasteiger partial charge in [0.1, 0.15) is 9.79 Å². The van der Waals surface area contributed by atoms with Crippen molar-refractivity contribution in [2.45, 2.75) is 103 Å². The number of hydrogen-bond acceptors (Lipinski definition) is 15. The number of methoxy groups -OCH3 is 2. The molecule has 4 N–H and O–H groups in total. The Hall–Kier alpha value is -5.67. The van der Waals surface area contributed by atoms with Gasteiger partial charge in [-0.2, -0.15) is 33.7 Å². The molecule has 0 bridgehead atoms. The van der Waals surface area contributed by atoms with Crippen molar-refractivity contribution in [2.24, 2.45) is 0 Å². The summed E-state index contributed by atoms with van der Waals surface area (Å²) in [5, 5.41) is 0.666. The van der Waals surface area contributed by atoms with Crippen molar-refractivity contribution in [1.29, 1.82) is 0 Å². The van der Waals surface area contributed by atoms with Crippen LogP contribution in [0.4, 0.5) is 5.69 Å². The third-order valence-corrected chi connectivity index (χ3v) is 16.7. The Morgan fingerprint density at radius 2 is 1.30 bits per heavy atom. The van der Waals surface area contributed by atoms with Crippen LogP contribution in [0.2, 0.25) is 0 Å². The van der Waals surface area contributed by atoms with Crippen LogP contribution in [0.25, 0.3) is 21.5 Å². The number of nitrogens with zero attached hydrogens (tertiary/aromatic N) is 2. The molecule has 6 rings (SSSR count). The summed E-state index contributed by atoms with van der Waals surface area (Å²) in [5.74, 6) is -1.97. The molecule has 0 spiro atoms. The number of carbonyl (C=O) groups is 3. The number of unbranched alkanes of at least 4 members (excludes halogenated alkanes) is 2. The molecule has 2 aliphatic rings. The highest BCUT2D eigenvalue weighted by Crippen LogP contribution is 2.54. The number of allylic oxidation sites excluding steroid dienone is 7. The molecule has 0 radical (unpaired) electrons. The second-order valence-electron chi connectivity index (χ2n) is 18.1. The van der Waals surface area contributed by atoms with Gasteiger partial charge in [-0.15, -0.1) is 5.06 Å². The quantitative estimate of drug-likeness (QED) is 0.0263. The van der Waals surface area contributed by atoms with Crippen LogP contribution in [0.15, 0.2) is 116 Å². The second-order valence-corrected chi connectivity index (χ2v) is 23.8. The molecule has 1 saturated heterocycles. The van der Waals surface area contributed by atoms with Gasteiger partial charge in [0, 0.05) is 86.2 Å². The highest BCUT2D eigenvalue weighted by molar-refractivity contribution is 7.87. The van der Waals surface area contributed by atoms with Crippen LogP contribution in [0.5, 0.6) is 0 Å². The zero-order valence-electron chi connectivity index (χ0n) is 40.5. The van der Waals surface area contributed by atoms with Crippen molar-refractivity contribution in [3.8, 4) is 0 Å². The number of aryl methyl sites for hydroxylation is 1. The van der Waals surface area contributed by atoms with E-state index in [0.29, 0.717) is 70.1 Å². The Morgan fingerprint density at radius 1 is 0.740 bits per heavy atom. The Kier molecular flexibility index (Phi) is 16.8. The van der Waals surface area contributed by atoms with Crippen LogP contribution in [-0.2, 0) is 80.0 Å². The lowest BCUT2D eigenvalue weighted by molar-refractivity contribution is -0.197. The molecule has 2 amide bonds. The summed E-state index contributed by atoms with van der Waals surface area (Å²) in [6.45, 7) is 10.3. The molecule has 24 heteroatoms. The molecule has 0 saturated carbocycles. The van der Waals surface area contributed by atoms with Gasteiger partial charge in [0.2, 0.25) is 0 Å². The molecule has 0 aromatic heterocycles. The molecular formula is C49H56N2O18S4. The zero-order valence-corrected chi connectivity index (χ0v) is 43.8. The Balaban J connectivity index is 1.43. The number of ether oxygens (including phenoxy) is 2. The number of rotatable bonds is 22. The van der Waals surface area contributed by atoms with E-state index < -0.39 is 88.7 Å². The maximum atomic E-state index is 12.8. The van der Waals surface area contributed by atoms with E-state index >= 15 is 0 Å². The minimum atomic E-state index is -5.05. The summed E-state index contributed by atoms with van der Waals surface area (Å²) in [4.78, 5) is 40.4. The van der Waals surface area contributed by atoms with E-state index in [9.17, 15) is 66.3 Å². The summed E-state index contributed by atoms with van der Waals surface area (Å²) in [5.41, 5.74) is 0.945. The fourth-order valence-corrected chi connectivity index (χ4v) is 12.3. The third-order valence-electron chi connectivity index (χ3n) is 13.3. The summed E-state index contributed by atoms with van der Waals surface area (Å²) in [6.07, 6.45) is 10.0. The molecular weight excluding hydrogens is 1030 g/mol. The van der Waals surface area contributed by atoms with Gasteiger partial charge in [-0.1, -0.05) is 62.4 Å².